The number of carbonyl (C=O) groups excluding carboxylic acids is 1. The van der Waals surface area contributed by atoms with Gasteiger partial charge in [-0.2, -0.15) is 5.10 Å². The van der Waals surface area contributed by atoms with Gasteiger partial charge in [-0.3, -0.25) is 4.79 Å². The number of piperidine rings is 1. The molecule has 2 saturated heterocycles. The van der Waals surface area contributed by atoms with Crippen molar-refractivity contribution in [2.24, 2.45) is 11.3 Å². The highest BCUT2D eigenvalue weighted by atomic mass is 16.2. The summed E-state index contributed by atoms with van der Waals surface area (Å²) in [6.07, 6.45) is 5.76. The van der Waals surface area contributed by atoms with Gasteiger partial charge in [0.2, 0.25) is 5.91 Å². The molecule has 0 bridgehead atoms. The maximum absolute atomic E-state index is 12.3. The molecule has 3 fully saturated rings. The lowest BCUT2D eigenvalue weighted by atomic mass is 9.79. The van der Waals surface area contributed by atoms with Crippen LogP contribution < -0.4 is 4.90 Å². The highest BCUT2D eigenvalue weighted by Crippen LogP contribution is 2.42. The van der Waals surface area contributed by atoms with Crippen LogP contribution in [-0.4, -0.2) is 47.2 Å². The minimum absolute atomic E-state index is 0.273. The fourth-order valence-corrected chi connectivity index (χ4v) is 4.01. The van der Waals surface area contributed by atoms with Crippen LogP contribution in [0.1, 0.15) is 37.8 Å². The molecule has 5 heteroatoms. The first-order valence-electron chi connectivity index (χ1n) is 8.49. The fraction of sp³-hybridized carbons (Fsp3) is 0.706. The minimum Gasteiger partial charge on any atom is -0.355 e. The van der Waals surface area contributed by atoms with Gasteiger partial charge in [-0.15, -0.1) is 5.10 Å². The Balaban J connectivity index is 1.46. The van der Waals surface area contributed by atoms with Crippen molar-refractivity contribution in [1.29, 1.82) is 0 Å². The van der Waals surface area contributed by atoms with Gasteiger partial charge in [0, 0.05) is 37.5 Å². The van der Waals surface area contributed by atoms with Crippen molar-refractivity contribution >= 4 is 11.7 Å². The van der Waals surface area contributed by atoms with Crippen molar-refractivity contribution in [3.05, 3.63) is 17.8 Å². The van der Waals surface area contributed by atoms with Crippen molar-refractivity contribution in [3.63, 3.8) is 0 Å². The van der Waals surface area contributed by atoms with Crippen LogP contribution in [0.4, 0.5) is 5.82 Å². The van der Waals surface area contributed by atoms with Crippen LogP contribution in [0.3, 0.4) is 0 Å². The molecule has 0 N–H and O–H groups in total. The Labute approximate surface area is 131 Å². The molecular weight excluding hydrogens is 276 g/mol. The van der Waals surface area contributed by atoms with Crippen LogP contribution in [0.15, 0.2) is 12.1 Å². The van der Waals surface area contributed by atoms with Gasteiger partial charge in [0.25, 0.3) is 0 Å². The van der Waals surface area contributed by atoms with Crippen molar-refractivity contribution in [3.8, 4) is 0 Å². The Morgan fingerprint density at radius 3 is 2.77 bits per heavy atom. The molecule has 1 aromatic heterocycles. The second-order valence-electron chi connectivity index (χ2n) is 7.34. The van der Waals surface area contributed by atoms with Crippen LogP contribution >= 0.6 is 0 Å². The maximum Gasteiger partial charge on any atom is 0.225 e. The van der Waals surface area contributed by atoms with Crippen molar-refractivity contribution in [2.45, 2.75) is 39.0 Å². The Kier molecular flexibility index (Phi) is 3.31. The maximum atomic E-state index is 12.3. The zero-order valence-electron chi connectivity index (χ0n) is 13.3. The molecule has 1 saturated carbocycles. The number of hydrogen-bond donors (Lipinski definition) is 0. The van der Waals surface area contributed by atoms with Crippen LogP contribution in [0.5, 0.6) is 0 Å². The zero-order chi connectivity index (χ0) is 15.2. The largest absolute Gasteiger partial charge is 0.355 e. The van der Waals surface area contributed by atoms with Gasteiger partial charge in [0.15, 0.2) is 5.82 Å². The van der Waals surface area contributed by atoms with Crippen molar-refractivity contribution in [2.75, 3.05) is 31.1 Å². The first kappa shape index (κ1) is 14.0. The average Bonchev–Trinajstić information content (AvgIpc) is 3.31. The summed E-state index contributed by atoms with van der Waals surface area (Å²) in [6, 6.07) is 4.10. The lowest BCUT2D eigenvalue weighted by Gasteiger charge is -2.40. The van der Waals surface area contributed by atoms with E-state index in [0.29, 0.717) is 11.8 Å². The number of nitrogens with zero attached hydrogens (tertiary/aromatic N) is 4. The minimum atomic E-state index is 0.273. The summed E-state index contributed by atoms with van der Waals surface area (Å²) < 4.78 is 0. The van der Waals surface area contributed by atoms with Gasteiger partial charge < -0.3 is 9.80 Å². The smallest absolute Gasteiger partial charge is 0.225 e. The fourth-order valence-electron chi connectivity index (χ4n) is 4.01. The van der Waals surface area contributed by atoms with Gasteiger partial charge in [0.1, 0.15) is 0 Å². The van der Waals surface area contributed by atoms with Crippen LogP contribution in [-0.2, 0) is 4.79 Å². The van der Waals surface area contributed by atoms with Crippen molar-refractivity contribution in [1.82, 2.24) is 15.1 Å². The number of likely N-dealkylation sites (tertiary alicyclic amines) is 1. The summed E-state index contributed by atoms with van der Waals surface area (Å²) in [5.74, 6) is 1.73. The van der Waals surface area contributed by atoms with Crippen LogP contribution in [0.25, 0.3) is 0 Å². The third kappa shape index (κ3) is 2.57. The summed E-state index contributed by atoms with van der Waals surface area (Å²) in [4.78, 5) is 16.8. The van der Waals surface area contributed by atoms with Crippen LogP contribution in [0, 0.1) is 18.3 Å². The lowest BCUT2D eigenvalue weighted by molar-refractivity contribution is -0.131. The van der Waals surface area contributed by atoms with Gasteiger partial charge in [-0.05, 0) is 51.2 Å². The molecule has 118 valence electrons. The molecule has 0 unspecified atom stereocenters. The summed E-state index contributed by atoms with van der Waals surface area (Å²) in [6.45, 7) is 5.92. The summed E-state index contributed by atoms with van der Waals surface area (Å²) in [7, 11) is 0. The summed E-state index contributed by atoms with van der Waals surface area (Å²) in [5, 5.41) is 8.53. The SMILES string of the molecule is Cc1ccc(N2CCC[C@]3(CCN(C(=O)C4CC4)C3)C2)nn1. The Morgan fingerprint density at radius 1 is 1.18 bits per heavy atom. The Bertz CT molecular complexity index is 569. The van der Waals surface area contributed by atoms with E-state index in [1.54, 1.807) is 0 Å². The van der Waals surface area contributed by atoms with E-state index in [9.17, 15) is 4.79 Å². The first-order chi connectivity index (χ1) is 10.7. The van der Waals surface area contributed by atoms with Gasteiger partial charge in [0.05, 0.1) is 5.69 Å². The quantitative estimate of drug-likeness (QED) is 0.838. The van der Waals surface area contributed by atoms with E-state index < -0.39 is 0 Å². The van der Waals surface area contributed by atoms with E-state index in [1.165, 1.54) is 12.8 Å². The van der Waals surface area contributed by atoms with Crippen molar-refractivity contribution < 1.29 is 4.79 Å². The lowest BCUT2D eigenvalue weighted by Crippen LogP contribution is -2.46. The molecule has 0 aromatic carbocycles. The van der Waals surface area contributed by atoms with E-state index >= 15 is 0 Å². The number of aromatic nitrogens is 2. The monoisotopic (exact) mass is 300 g/mol. The molecule has 4 rings (SSSR count). The van der Waals surface area contributed by atoms with E-state index in [0.717, 1.165) is 57.0 Å². The molecule has 1 aliphatic carbocycles. The molecule has 0 radical (unpaired) electrons. The molecule has 3 aliphatic rings. The molecule has 22 heavy (non-hydrogen) atoms. The standard InChI is InChI=1S/C17H24N4O/c1-13-3-6-15(19-18-13)20-9-2-7-17(11-20)8-10-21(12-17)16(22)14-4-5-14/h3,6,14H,2,4-5,7-12H2,1H3/t17-/m0/s1. The third-order valence-corrected chi connectivity index (χ3v) is 5.45. The van der Waals surface area contributed by atoms with Gasteiger partial charge in [-0.25, -0.2) is 0 Å². The molecule has 1 aromatic rings. The van der Waals surface area contributed by atoms with E-state index in [1.807, 2.05) is 13.0 Å². The molecular formula is C17H24N4O. The predicted octanol–water partition coefficient (Wildman–Crippen LogP) is 2.01. The summed E-state index contributed by atoms with van der Waals surface area (Å²) >= 11 is 0. The first-order valence-corrected chi connectivity index (χ1v) is 8.49. The molecule has 1 atom stereocenters. The molecule has 1 amide bonds. The number of aryl methyl sites for hydroxylation is 1. The van der Waals surface area contributed by atoms with E-state index in [4.69, 9.17) is 0 Å². The highest BCUT2D eigenvalue weighted by Gasteiger charge is 2.45. The third-order valence-electron chi connectivity index (χ3n) is 5.45. The average molecular weight is 300 g/mol. The number of hydrogen-bond acceptors (Lipinski definition) is 4. The second-order valence-corrected chi connectivity index (χ2v) is 7.34. The molecule has 1 spiro atoms. The Morgan fingerprint density at radius 2 is 2.05 bits per heavy atom. The van der Waals surface area contributed by atoms with E-state index in [2.05, 4.69) is 26.1 Å². The van der Waals surface area contributed by atoms with Gasteiger partial charge >= 0.3 is 0 Å². The van der Waals surface area contributed by atoms with Crippen LogP contribution in [0.2, 0.25) is 0 Å². The highest BCUT2D eigenvalue weighted by molar-refractivity contribution is 5.81. The van der Waals surface area contributed by atoms with E-state index in [-0.39, 0.29) is 5.41 Å². The van der Waals surface area contributed by atoms with Gasteiger partial charge in [-0.1, -0.05) is 0 Å². The zero-order valence-corrected chi connectivity index (χ0v) is 13.3. The predicted molar refractivity (Wildman–Crippen MR) is 84.6 cm³/mol. The number of carbonyl (C=O) groups is 1. The molecule has 2 aliphatic heterocycles. The number of amides is 1. The number of rotatable bonds is 2. The molecule has 3 heterocycles. The normalized spacial score (nSPS) is 28.4. The molecule has 5 nitrogen and oxygen atoms in total. The Hall–Kier alpha value is -1.65. The topological polar surface area (TPSA) is 49.3 Å². The second kappa shape index (κ2) is 5.21. The number of anilines is 1. The summed E-state index contributed by atoms with van der Waals surface area (Å²) in [5.41, 5.74) is 1.23.